The number of aliphatic carboxylic acids is 1. The van der Waals surface area contributed by atoms with Crippen LogP contribution in [0, 0.1) is 0 Å². The molecule has 0 bridgehead atoms. The number of quaternary nitrogens is 1. The van der Waals surface area contributed by atoms with E-state index >= 15 is 0 Å². The van der Waals surface area contributed by atoms with Gasteiger partial charge in [0, 0.05) is 0 Å². The predicted molar refractivity (Wildman–Crippen MR) is 112 cm³/mol. The number of nitrogens with zero attached hydrogens (tertiary/aromatic N) is 1. The van der Waals surface area contributed by atoms with Crippen molar-refractivity contribution in [1.82, 2.24) is 0 Å². The molecule has 0 aliphatic carbocycles. The van der Waals surface area contributed by atoms with Gasteiger partial charge in [-0.25, -0.2) is 9.09 Å². The minimum absolute atomic E-state index is 0.0960. The van der Waals surface area contributed by atoms with Crippen molar-refractivity contribution in [1.29, 1.82) is 0 Å². The number of rotatable bonds is 19. The third-order valence-electron chi connectivity index (χ3n) is 4.72. The van der Waals surface area contributed by atoms with Crippen molar-refractivity contribution in [2.75, 3.05) is 27.7 Å². The van der Waals surface area contributed by atoms with Gasteiger partial charge in [0.15, 0.2) is 0 Å². The van der Waals surface area contributed by atoms with Gasteiger partial charge in [-0.2, -0.15) is 0 Å². The Morgan fingerprint density at radius 3 is 1.71 bits per heavy atom. The molecule has 0 heterocycles. The van der Waals surface area contributed by atoms with Crippen molar-refractivity contribution < 1.29 is 32.9 Å². The predicted octanol–water partition coefficient (Wildman–Crippen LogP) is 5.33. The quantitative estimate of drug-likeness (QED) is 0.126. The van der Waals surface area contributed by atoms with Crippen LogP contribution < -0.4 is 0 Å². The summed E-state index contributed by atoms with van der Waals surface area (Å²) in [4.78, 5) is 20.8. The second kappa shape index (κ2) is 15.4. The molecular weight excluding hydrogens is 381 g/mol. The molecule has 168 valence electrons. The van der Waals surface area contributed by atoms with Gasteiger partial charge in [-0.3, -0.25) is 9.32 Å². The summed E-state index contributed by atoms with van der Waals surface area (Å²) >= 11 is 0. The fraction of sp³-hybridized carbons (Fsp3) is 0.950. The first-order valence-corrected chi connectivity index (χ1v) is 12.3. The maximum Gasteiger partial charge on any atom is 0.476 e. The average Bonchev–Trinajstić information content (AvgIpc) is 2.57. The van der Waals surface area contributed by atoms with Gasteiger partial charge < -0.3 is 14.5 Å². The average molecular weight is 425 g/mol. The van der Waals surface area contributed by atoms with Crippen LogP contribution in [0.25, 0.3) is 0 Å². The first-order valence-electron chi connectivity index (χ1n) is 10.8. The van der Waals surface area contributed by atoms with E-state index in [4.69, 9.17) is 14.2 Å². The summed E-state index contributed by atoms with van der Waals surface area (Å²) in [7, 11) is 0.859. The molecule has 0 spiro atoms. The zero-order valence-corrected chi connectivity index (χ0v) is 19.3. The Labute approximate surface area is 171 Å². The number of hydrogen-bond donors (Lipinski definition) is 2. The zero-order chi connectivity index (χ0) is 21.5. The Morgan fingerprint density at radius 2 is 1.32 bits per heavy atom. The third kappa shape index (κ3) is 16.5. The molecule has 0 aromatic heterocycles. The van der Waals surface area contributed by atoms with Gasteiger partial charge >= 0.3 is 13.8 Å². The Bertz CT molecular complexity index is 452. The van der Waals surface area contributed by atoms with Crippen molar-refractivity contribution in [2.24, 2.45) is 0 Å². The number of carbonyl (C=O) groups is 1. The molecule has 0 saturated carbocycles. The van der Waals surface area contributed by atoms with Gasteiger partial charge in [-0.1, -0.05) is 77.6 Å². The molecule has 0 aliphatic rings. The first-order chi connectivity index (χ1) is 13.1. The normalized spacial score (nSPS) is 15.3. The monoisotopic (exact) mass is 424 g/mol. The van der Waals surface area contributed by atoms with E-state index in [1.54, 1.807) is 21.1 Å². The van der Waals surface area contributed by atoms with Gasteiger partial charge in [-0.15, -0.1) is 0 Å². The highest BCUT2D eigenvalue weighted by atomic mass is 31.2. The minimum atomic E-state index is -4.26. The van der Waals surface area contributed by atoms with E-state index in [2.05, 4.69) is 6.92 Å². The molecule has 7 nitrogen and oxygen atoms in total. The molecule has 2 atom stereocenters. The van der Waals surface area contributed by atoms with Crippen LogP contribution in [-0.4, -0.2) is 54.4 Å². The fourth-order valence-corrected chi connectivity index (χ4v) is 3.99. The lowest BCUT2D eigenvalue weighted by Crippen LogP contribution is -2.47. The number of hydrogen-bond acceptors (Lipinski definition) is 4. The summed E-state index contributed by atoms with van der Waals surface area (Å²) in [5, 5.41) is 8.94. The van der Waals surface area contributed by atoms with Crippen LogP contribution in [-0.2, 0) is 18.4 Å². The van der Waals surface area contributed by atoms with Crippen molar-refractivity contribution >= 4 is 13.8 Å². The molecule has 0 fully saturated rings. The van der Waals surface area contributed by atoms with Crippen molar-refractivity contribution in [3.63, 3.8) is 0 Å². The lowest BCUT2D eigenvalue weighted by Gasteiger charge is -2.33. The van der Waals surface area contributed by atoms with Crippen LogP contribution in [0.5, 0.6) is 0 Å². The number of carboxylic acid groups (broad SMARTS) is 1. The number of phosphoric acid groups is 1. The van der Waals surface area contributed by atoms with E-state index in [1.807, 2.05) is 0 Å². The van der Waals surface area contributed by atoms with Crippen molar-refractivity contribution in [3.05, 3.63) is 0 Å². The molecule has 0 amide bonds. The molecule has 1 unspecified atom stereocenters. The molecule has 0 aliphatic heterocycles. The molecule has 2 N–H and O–H groups in total. The first kappa shape index (κ1) is 27.5. The van der Waals surface area contributed by atoms with Gasteiger partial charge in [-0.05, 0) is 6.42 Å². The molecule has 0 saturated heterocycles. The highest BCUT2D eigenvalue weighted by Crippen LogP contribution is 2.46. The van der Waals surface area contributed by atoms with E-state index in [9.17, 15) is 14.3 Å². The van der Waals surface area contributed by atoms with Crippen LogP contribution in [0.1, 0.15) is 90.4 Å². The van der Waals surface area contributed by atoms with Crippen molar-refractivity contribution in [3.8, 4) is 0 Å². The molecular formula is C20H43NO6P+. The fourth-order valence-electron chi connectivity index (χ4n) is 2.91. The summed E-state index contributed by atoms with van der Waals surface area (Å²) in [5.41, 5.74) is 0. The smallest absolute Gasteiger partial charge is 0.476 e. The number of unbranched alkanes of at least 4 members (excludes halogenated alkanes) is 11. The zero-order valence-electron chi connectivity index (χ0n) is 18.4. The Balaban J connectivity index is 3.78. The highest BCUT2D eigenvalue weighted by Gasteiger charge is 2.36. The van der Waals surface area contributed by atoms with Gasteiger partial charge in [0.2, 0.25) is 6.23 Å². The standard InChI is InChI=1S/C20H42NO6P/c1-5-6-7-8-9-10-11-12-13-14-15-16-17-26-28(24,25)27-19(18-20(22)23)21(2,3)4/h19H,5-18H2,1-4H3,(H-,22,23,24,25)/p+1/t19-/m1/s1. The van der Waals surface area contributed by atoms with Crippen LogP contribution in [0.2, 0.25) is 0 Å². The molecule has 8 heteroatoms. The summed E-state index contributed by atoms with van der Waals surface area (Å²) in [6, 6.07) is 0. The van der Waals surface area contributed by atoms with E-state index < -0.39 is 20.0 Å². The van der Waals surface area contributed by atoms with Gasteiger partial charge in [0.1, 0.15) is 6.42 Å². The maximum absolute atomic E-state index is 12.1. The molecule has 0 aromatic carbocycles. The lowest BCUT2D eigenvalue weighted by atomic mass is 10.1. The molecule has 0 radical (unpaired) electrons. The van der Waals surface area contributed by atoms with Gasteiger partial charge in [0.25, 0.3) is 0 Å². The molecule has 0 rings (SSSR count). The molecule has 28 heavy (non-hydrogen) atoms. The van der Waals surface area contributed by atoms with Crippen LogP contribution in [0.15, 0.2) is 0 Å². The van der Waals surface area contributed by atoms with Crippen molar-refractivity contribution in [2.45, 2.75) is 96.6 Å². The second-order valence-electron chi connectivity index (χ2n) is 8.47. The van der Waals surface area contributed by atoms with E-state index in [1.165, 1.54) is 57.8 Å². The molecule has 0 aromatic rings. The van der Waals surface area contributed by atoms with E-state index in [-0.39, 0.29) is 17.5 Å². The number of carboxylic acids is 1. The Kier molecular flexibility index (Phi) is 15.1. The largest absolute Gasteiger partial charge is 0.481 e. The van der Waals surface area contributed by atoms with Gasteiger partial charge in [0.05, 0.1) is 27.7 Å². The topological polar surface area (TPSA) is 93.1 Å². The summed E-state index contributed by atoms with van der Waals surface area (Å²) in [6.45, 7) is 2.38. The number of phosphoric ester groups is 1. The van der Waals surface area contributed by atoms with E-state index in [0.717, 1.165) is 12.8 Å². The lowest BCUT2D eigenvalue weighted by molar-refractivity contribution is -0.915. The van der Waals surface area contributed by atoms with Crippen LogP contribution in [0.4, 0.5) is 0 Å². The maximum atomic E-state index is 12.1. The van der Waals surface area contributed by atoms with E-state index in [0.29, 0.717) is 6.42 Å². The van der Waals surface area contributed by atoms with Crippen LogP contribution >= 0.6 is 7.82 Å². The SMILES string of the molecule is CCCCCCCCCCCCCCOP(=O)(O)O[C@H](CC(=O)O)[N+](C)(C)C. The Morgan fingerprint density at radius 1 is 0.893 bits per heavy atom. The summed E-state index contributed by atoms with van der Waals surface area (Å²) in [5.74, 6) is -1.08. The van der Waals surface area contributed by atoms with Crippen LogP contribution in [0.3, 0.4) is 0 Å². The Hall–Kier alpha value is -0.460. The second-order valence-corrected chi connectivity index (χ2v) is 9.87. The summed E-state index contributed by atoms with van der Waals surface area (Å²) < 4.78 is 22.3. The third-order valence-corrected chi connectivity index (χ3v) is 5.74. The minimum Gasteiger partial charge on any atom is -0.481 e. The highest BCUT2D eigenvalue weighted by molar-refractivity contribution is 7.47. The summed E-state index contributed by atoms with van der Waals surface area (Å²) in [6.07, 6.45) is 13.2.